The predicted octanol–water partition coefficient (Wildman–Crippen LogP) is 2.64. The highest BCUT2D eigenvalue weighted by atomic mass is 16.5. The Hall–Kier alpha value is -1.85. The number of aromatic nitrogens is 2. The molecule has 0 saturated heterocycles. The molecule has 1 atom stereocenters. The van der Waals surface area contributed by atoms with Crippen molar-refractivity contribution in [2.45, 2.75) is 39.8 Å². The second kappa shape index (κ2) is 6.28. The number of nitrogens with zero attached hydrogens (tertiary/aromatic N) is 2. The van der Waals surface area contributed by atoms with Crippen LogP contribution >= 0.6 is 0 Å². The second-order valence-electron chi connectivity index (χ2n) is 5.66. The average molecular weight is 288 g/mol. The van der Waals surface area contributed by atoms with Crippen LogP contribution in [0, 0.1) is 13.8 Å². The Morgan fingerprint density at radius 1 is 1.19 bits per heavy atom. The third-order valence-electron chi connectivity index (χ3n) is 3.53. The van der Waals surface area contributed by atoms with Gasteiger partial charge in [0.2, 0.25) is 0 Å². The Morgan fingerprint density at radius 3 is 2.29 bits per heavy atom. The highest BCUT2D eigenvalue weighted by Gasteiger charge is 2.24. The van der Waals surface area contributed by atoms with Crippen molar-refractivity contribution in [3.8, 4) is 5.75 Å². The molecule has 2 aromatic rings. The zero-order chi connectivity index (χ0) is 15.6. The lowest BCUT2D eigenvalue weighted by atomic mass is 9.99. The molecule has 0 fully saturated rings. The van der Waals surface area contributed by atoms with Crippen molar-refractivity contribution in [3.63, 3.8) is 0 Å². The summed E-state index contributed by atoms with van der Waals surface area (Å²) in [7, 11) is 1.65. The van der Waals surface area contributed by atoms with Crippen LogP contribution in [0.25, 0.3) is 0 Å². The first-order chi connectivity index (χ1) is 9.97. The van der Waals surface area contributed by atoms with Gasteiger partial charge >= 0.3 is 0 Å². The summed E-state index contributed by atoms with van der Waals surface area (Å²) in [4.78, 5) is 0. The van der Waals surface area contributed by atoms with Crippen molar-refractivity contribution in [3.05, 3.63) is 46.8 Å². The minimum Gasteiger partial charge on any atom is -0.493 e. The summed E-state index contributed by atoms with van der Waals surface area (Å²) < 4.78 is 7.41. The van der Waals surface area contributed by atoms with E-state index in [1.807, 2.05) is 4.68 Å². The Labute approximate surface area is 126 Å². The molecular weight excluding hydrogens is 264 g/mol. The van der Waals surface area contributed by atoms with Gasteiger partial charge in [-0.1, -0.05) is 29.3 Å². The number of aryl methyl sites for hydroxylation is 2. The Bertz CT molecular complexity index is 598. The maximum atomic E-state index is 5.84. The quantitative estimate of drug-likeness (QED) is 0.656. The first-order valence-corrected chi connectivity index (χ1v) is 7.13. The lowest BCUT2D eigenvalue weighted by molar-refractivity contribution is 0.394. The van der Waals surface area contributed by atoms with Crippen LogP contribution in [0.1, 0.15) is 48.3 Å². The number of benzene rings is 1. The largest absolute Gasteiger partial charge is 0.493 e. The normalized spacial score (nSPS) is 12.7. The van der Waals surface area contributed by atoms with E-state index < -0.39 is 0 Å². The molecule has 3 N–H and O–H groups in total. The third-order valence-corrected chi connectivity index (χ3v) is 3.53. The van der Waals surface area contributed by atoms with Gasteiger partial charge in [-0.25, -0.2) is 5.43 Å². The van der Waals surface area contributed by atoms with E-state index in [4.69, 9.17) is 10.6 Å². The van der Waals surface area contributed by atoms with Gasteiger partial charge in [0.05, 0.1) is 19.3 Å². The van der Waals surface area contributed by atoms with Gasteiger partial charge in [0, 0.05) is 6.04 Å². The van der Waals surface area contributed by atoms with E-state index in [-0.39, 0.29) is 12.1 Å². The molecule has 0 bridgehead atoms. The van der Waals surface area contributed by atoms with Crippen LogP contribution in [0.4, 0.5) is 0 Å². The van der Waals surface area contributed by atoms with Gasteiger partial charge in [0.1, 0.15) is 5.69 Å². The molecule has 0 amide bonds. The van der Waals surface area contributed by atoms with Crippen LogP contribution in [-0.2, 0) is 0 Å². The number of methoxy groups -OCH3 is 1. The molecule has 1 aromatic heterocycles. The van der Waals surface area contributed by atoms with E-state index in [0.29, 0.717) is 0 Å². The van der Waals surface area contributed by atoms with Gasteiger partial charge in [-0.2, -0.15) is 5.10 Å². The van der Waals surface area contributed by atoms with Crippen LogP contribution < -0.4 is 16.0 Å². The molecule has 0 radical (unpaired) electrons. The summed E-state index contributed by atoms with van der Waals surface area (Å²) in [5, 5.41) is 4.42. The Kier molecular flexibility index (Phi) is 4.65. The SMILES string of the molecule is COc1cnn(C(C)C)c1C(NN)c1cc(C)cc(C)c1. The minimum atomic E-state index is -0.163. The fourth-order valence-corrected chi connectivity index (χ4v) is 2.71. The Balaban J connectivity index is 2.57. The summed E-state index contributed by atoms with van der Waals surface area (Å²) in [5.74, 6) is 6.58. The van der Waals surface area contributed by atoms with Gasteiger partial charge in [-0.05, 0) is 33.3 Å². The summed E-state index contributed by atoms with van der Waals surface area (Å²) in [6.07, 6.45) is 1.74. The maximum absolute atomic E-state index is 5.84. The third kappa shape index (κ3) is 3.09. The summed E-state index contributed by atoms with van der Waals surface area (Å²) in [5.41, 5.74) is 7.37. The number of ether oxygens (including phenoxy) is 1. The van der Waals surface area contributed by atoms with Gasteiger partial charge in [-0.15, -0.1) is 0 Å². The number of rotatable bonds is 5. The van der Waals surface area contributed by atoms with Crippen molar-refractivity contribution in [2.24, 2.45) is 5.84 Å². The second-order valence-corrected chi connectivity index (χ2v) is 5.66. The van der Waals surface area contributed by atoms with E-state index in [1.165, 1.54) is 11.1 Å². The summed E-state index contributed by atoms with van der Waals surface area (Å²) in [6.45, 7) is 8.35. The molecule has 0 aliphatic rings. The lowest BCUT2D eigenvalue weighted by Crippen LogP contribution is -2.31. The topological polar surface area (TPSA) is 65.1 Å². The standard InChI is InChI=1S/C16H24N4O/c1-10(2)20-16(14(21-5)9-18-20)15(19-17)13-7-11(3)6-12(4)8-13/h6-10,15,19H,17H2,1-5H3. The molecule has 0 aliphatic carbocycles. The molecule has 1 aromatic carbocycles. The van der Waals surface area contributed by atoms with E-state index in [2.05, 4.69) is 56.4 Å². The molecular formula is C16H24N4O. The van der Waals surface area contributed by atoms with E-state index in [0.717, 1.165) is 17.0 Å². The molecule has 0 aliphatic heterocycles. The van der Waals surface area contributed by atoms with E-state index in [9.17, 15) is 0 Å². The van der Waals surface area contributed by atoms with Crippen molar-refractivity contribution < 1.29 is 4.74 Å². The molecule has 21 heavy (non-hydrogen) atoms. The highest BCUT2D eigenvalue weighted by molar-refractivity contribution is 5.39. The number of hydrogen-bond acceptors (Lipinski definition) is 4. The van der Waals surface area contributed by atoms with E-state index >= 15 is 0 Å². The molecule has 2 rings (SSSR count). The van der Waals surface area contributed by atoms with Crippen LogP contribution in [0.15, 0.2) is 24.4 Å². The van der Waals surface area contributed by atoms with Crippen LogP contribution in [-0.4, -0.2) is 16.9 Å². The zero-order valence-electron chi connectivity index (χ0n) is 13.3. The molecule has 1 unspecified atom stereocenters. The van der Waals surface area contributed by atoms with Gasteiger partial charge < -0.3 is 4.74 Å². The minimum absolute atomic E-state index is 0.163. The van der Waals surface area contributed by atoms with Crippen molar-refractivity contribution in [2.75, 3.05) is 7.11 Å². The van der Waals surface area contributed by atoms with Gasteiger partial charge in [-0.3, -0.25) is 10.5 Å². The monoisotopic (exact) mass is 288 g/mol. The van der Waals surface area contributed by atoms with Crippen LogP contribution in [0.5, 0.6) is 5.75 Å². The molecule has 5 nitrogen and oxygen atoms in total. The van der Waals surface area contributed by atoms with Gasteiger partial charge in [0.25, 0.3) is 0 Å². The van der Waals surface area contributed by atoms with Crippen molar-refractivity contribution in [1.82, 2.24) is 15.2 Å². The van der Waals surface area contributed by atoms with Gasteiger partial charge in [0.15, 0.2) is 5.75 Å². The molecule has 114 valence electrons. The maximum Gasteiger partial charge on any atom is 0.161 e. The zero-order valence-corrected chi connectivity index (χ0v) is 13.3. The summed E-state index contributed by atoms with van der Waals surface area (Å²) in [6, 6.07) is 6.48. The fourth-order valence-electron chi connectivity index (χ4n) is 2.71. The van der Waals surface area contributed by atoms with Crippen molar-refractivity contribution in [1.29, 1.82) is 0 Å². The number of nitrogens with one attached hydrogen (secondary N) is 1. The first kappa shape index (κ1) is 15.5. The summed E-state index contributed by atoms with van der Waals surface area (Å²) >= 11 is 0. The first-order valence-electron chi connectivity index (χ1n) is 7.13. The lowest BCUT2D eigenvalue weighted by Gasteiger charge is -2.22. The smallest absolute Gasteiger partial charge is 0.161 e. The van der Waals surface area contributed by atoms with Crippen LogP contribution in [0.2, 0.25) is 0 Å². The number of hydrazine groups is 1. The predicted molar refractivity (Wildman–Crippen MR) is 84.2 cm³/mol. The highest BCUT2D eigenvalue weighted by Crippen LogP contribution is 2.32. The van der Waals surface area contributed by atoms with Crippen LogP contribution in [0.3, 0.4) is 0 Å². The molecule has 5 heteroatoms. The fraction of sp³-hybridized carbons (Fsp3) is 0.438. The number of hydrogen-bond donors (Lipinski definition) is 2. The number of nitrogens with two attached hydrogens (primary N) is 1. The average Bonchev–Trinajstić information content (AvgIpc) is 2.82. The molecule has 0 saturated carbocycles. The molecule has 1 heterocycles. The van der Waals surface area contributed by atoms with E-state index in [1.54, 1.807) is 13.3 Å². The Morgan fingerprint density at radius 2 is 1.81 bits per heavy atom. The molecule has 0 spiro atoms. The van der Waals surface area contributed by atoms with Crippen molar-refractivity contribution >= 4 is 0 Å².